The Morgan fingerprint density at radius 1 is 0.882 bits per heavy atom. The van der Waals surface area contributed by atoms with E-state index in [1.165, 1.54) is 0 Å². The van der Waals surface area contributed by atoms with Crippen LogP contribution < -0.4 is 0 Å². The highest BCUT2D eigenvalue weighted by Crippen LogP contribution is 2.20. The van der Waals surface area contributed by atoms with Crippen molar-refractivity contribution in [1.82, 2.24) is 9.97 Å². The molecule has 0 spiro atoms. The van der Waals surface area contributed by atoms with Crippen molar-refractivity contribution in [2.45, 2.75) is 0 Å². The first-order valence-electron chi connectivity index (χ1n) is 5.31. The van der Waals surface area contributed by atoms with E-state index in [0.717, 1.165) is 26.8 Å². The second kappa shape index (κ2) is 4.26. The van der Waals surface area contributed by atoms with Gasteiger partial charge in [0, 0.05) is 21.6 Å². The molecule has 0 saturated heterocycles. The highest BCUT2D eigenvalue weighted by molar-refractivity contribution is 9.10. The van der Waals surface area contributed by atoms with Crippen LogP contribution >= 0.6 is 15.9 Å². The van der Waals surface area contributed by atoms with Gasteiger partial charge in [-0.3, -0.25) is 0 Å². The second-order valence-corrected chi connectivity index (χ2v) is 4.67. The molecule has 0 saturated carbocycles. The minimum Gasteiger partial charge on any atom is -0.236 e. The van der Waals surface area contributed by atoms with Crippen molar-refractivity contribution >= 4 is 26.8 Å². The predicted octanol–water partition coefficient (Wildman–Crippen LogP) is 4.06. The van der Waals surface area contributed by atoms with E-state index < -0.39 is 0 Å². The number of halogens is 1. The number of hydrogen-bond acceptors (Lipinski definition) is 2. The molecule has 0 aliphatic rings. The van der Waals surface area contributed by atoms with Crippen LogP contribution in [-0.2, 0) is 0 Å². The van der Waals surface area contributed by atoms with E-state index in [0.29, 0.717) is 0 Å². The van der Waals surface area contributed by atoms with E-state index >= 15 is 0 Å². The van der Waals surface area contributed by atoms with Gasteiger partial charge >= 0.3 is 0 Å². The maximum Gasteiger partial charge on any atom is 0.159 e. The fourth-order valence-corrected chi connectivity index (χ4v) is 1.97. The first-order chi connectivity index (χ1) is 8.33. The quantitative estimate of drug-likeness (QED) is 0.673. The van der Waals surface area contributed by atoms with Crippen LogP contribution in [0.25, 0.3) is 22.3 Å². The number of para-hydroxylation sites is 1. The van der Waals surface area contributed by atoms with Crippen molar-refractivity contribution < 1.29 is 0 Å². The Kier molecular flexibility index (Phi) is 2.61. The summed E-state index contributed by atoms with van der Waals surface area (Å²) >= 11 is 3.42. The van der Waals surface area contributed by atoms with E-state index in [2.05, 4.69) is 25.9 Å². The van der Waals surface area contributed by atoms with Crippen LogP contribution in [0.15, 0.2) is 59.2 Å². The van der Waals surface area contributed by atoms with Crippen molar-refractivity contribution in [3.8, 4) is 11.4 Å². The van der Waals surface area contributed by atoms with Crippen molar-refractivity contribution in [2.75, 3.05) is 0 Å². The fraction of sp³-hybridized carbons (Fsp3) is 0. The van der Waals surface area contributed by atoms with Crippen LogP contribution in [0.1, 0.15) is 0 Å². The molecule has 1 heterocycles. The van der Waals surface area contributed by atoms with E-state index in [1.807, 2.05) is 54.7 Å². The molecule has 0 N–H and O–H groups in total. The Hall–Kier alpha value is -1.74. The Bertz CT molecular complexity index is 662. The number of benzene rings is 2. The number of aromatic nitrogens is 2. The number of hydrogen-bond donors (Lipinski definition) is 0. The lowest BCUT2D eigenvalue weighted by molar-refractivity contribution is 1.23. The monoisotopic (exact) mass is 284 g/mol. The first kappa shape index (κ1) is 10.4. The Morgan fingerprint density at radius 2 is 1.65 bits per heavy atom. The summed E-state index contributed by atoms with van der Waals surface area (Å²) in [4.78, 5) is 8.93. The van der Waals surface area contributed by atoms with Crippen LogP contribution in [0.2, 0.25) is 0 Å². The smallest absolute Gasteiger partial charge is 0.159 e. The number of rotatable bonds is 1. The highest BCUT2D eigenvalue weighted by Gasteiger charge is 2.02. The standard InChI is InChI=1S/C14H9BrN2/c15-12-7-5-10(6-8-12)14-16-9-11-3-1-2-4-13(11)17-14/h1-9H. The third-order valence-electron chi connectivity index (χ3n) is 2.59. The van der Waals surface area contributed by atoms with Gasteiger partial charge in [0.25, 0.3) is 0 Å². The average molecular weight is 285 g/mol. The van der Waals surface area contributed by atoms with Gasteiger partial charge < -0.3 is 0 Å². The maximum absolute atomic E-state index is 4.55. The number of nitrogens with zero attached hydrogens (tertiary/aromatic N) is 2. The topological polar surface area (TPSA) is 25.8 Å². The molecule has 0 fully saturated rings. The highest BCUT2D eigenvalue weighted by atomic mass is 79.9. The molecule has 82 valence electrons. The number of fused-ring (bicyclic) bond motifs is 1. The van der Waals surface area contributed by atoms with Crippen molar-refractivity contribution in [3.63, 3.8) is 0 Å². The zero-order valence-corrected chi connectivity index (χ0v) is 10.6. The molecule has 1 aromatic heterocycles. The summed E-state index contributed by atoms with van der Waals surface area (Å²) in [5, 5.41) is 1.06. The van der Waals surface area contributed by atoms with Crippen molar-refractivity contribution in [3.05, 3.63) is 59.2 Å². The summed E-state index contributed by atoms with van der Waals surface area (Å²) in [6.07, 6.45) is 1.86. The van der Waals surface area contributed by atoms with Crippen molar-refractivity contribution in [1.29, 1.82) is 0 Å². The minimum atomic E-state index is 0.760. The molecule has 0 unspecified atom stereocenters. The summed E-state index contributed by atoms with van der Waals surface area (Å²) in [6, 6.07) is 16.0. The molecule has 2 aromatic carbocycles. The van der Waals surface area contributed by atoms with Gasteiger partial charge in [0.15, 0.2) is 5.82 Å². The zero-order chi connectivity index (χ0) is 11.7. The molecule has 3 heteroatoms. The molecule has 0 atom stereocenters. The van der Waals surface area contributed by atoms with Crippen molar-refractivity contribution in [2.24, 2.45) is 0 Å². The molecular formula is C14H9BrN2. The molecular weight excluding hydrogens is 276 g/mol. The molecule has 3 rings (SSSR count). The van der Waals surface area contributed by atoms with Gasteiger partial charge in [0.05, 0.1) is 5.52 Å². The van der Waals surface area contributed by atoms with Crippen LogP contribution in [0, 0.1) is 0 Å². The lowest BCUT2D eigenvalue weighted by Crippen LogP contribution is -1.89. The van der Waals surface area contributed by atoms with Gasteiger partial charge in [-0.1, -0.05) is 46.3 Å². The summed E-state index contributed by atoms with van der Waals surface area (Å²) < 4.78 is 1.06. The van der Waals surface area contributed by atoms with Gasteiger partial charge in [-0.05, 0) is 18.2 Å². The molecule has 2 nitrogen and oxygen atoms in total. The molecule has 0 bridgehead atoms. The fourth-order valence-electron chi connectivity index (χ4n) is 1.71. The van der Waals surface area contributed by atoms with Crippen LogP contribution in [0.3, 0.4) is 0 Å². The Morgan fingerprint density at radius 3 is 2.47 bits per heavy atom. The van der Waals surface area contributed by atoms with E-state index in [-0.39, 0.29) is 0 Å². The Labute approximate surface area is 107 Å². The zero-order valence-electron chi connectivity index (χ0n) is 8.97. The first-order valence-corrected chi connectivity index (χ1v) is 6.10. The lowest BCUT2D eigenvalue weighted by Gasteiger charge is -2.02. The van der Waals surface area contributed by atoms with Crippen LogP contribution in [-0.4, -0.2) is 9.97 Å². The van der Waals surface area contributed by atoms with Crippen LogP contribution in [0.5, 0.6) is 0 Å². The Balaban J connectivity index is 2.14. The normalized spacial score (nSPS) is 10.6. The molecule has 3 aromatic rings. The predicted molar refractivity (Wildman–Crippen MR) is 72.7 cm³/mol. The second-order valence-electron chi connectivity index (χ2n) is 3.76. The maximum atomic E-state index is 4.55. The van der Waals surface area contributed by atoms with Gasteiger partial charge in [0.2, 0.25) is 0 Å². The molecule has 0 aliphatic carbocycles. The van der Waals surface area contributed by atoms with Crippen LogP contribution in [0.4, 0.5) is 0 Å². The summed E-state index contributed by atoms with van der Waals surface area (Å²) in [6.45, 7) is 0. The third kappa shape index (κ3) is 2.06. The summed E-state index contributed by atoms with van der Waals surface area (Å²) in [5.74, 6) is 0.760. The van der Waals surface area contributed by atoms with Gasteiger partial charge in [-0.15, -0.1) is 0 Å². The van der Waals surface area contributed by atoms with Gasteiger partial charge in [-0.25, -0.2) is 9.97 Å². The molecule has 0 radical (unpaired) electrons. The van der Waals surface area contributed by atoms with Gasteiger partial charge in [0.1, 0.15) is 0 Å². The molecule has 0 aliphatic heterocycles. The summed E-state index contributed by atoms with van der Waals surface area (Å²) in [5.41, 5.74) is 2.00. The van der Waals surface area contributed by atoms with Gasteiger partial charge in [-0.2, -0.15) is 0 Å². The van der Waals surface area contributed by atoms with E-state index in [9.17, 15) is 0 Å². The molecule has 0 amide bonds. The molecule has 17 heavy (non-hydrogen) atoms. The third-order valence-corrected chi connectivity index (χ3v) is 3.12. The summed E-state index contributed by atoms with van der Waals surface area (Å²) in [7, 11) is 0. The largest absolute Gasteiger partial charge is 0.236 e. The van der Waals surface area contributed by atoms with E-state index in [4.69, 9.17) is 0 Å². The average Bonchev–Trinajstić information content (AvgIpc) is 2.39. The SMILES string of the molecule is Brc1ccc(-c2ncc3ccccc3n2)cc1. The van der Waals surface area contributed by atoms with E-state index in [1.54, 1.807) is 0 Å². The lowest BCUT2D eigenvalue weighted by atomic mass is 10.2. The minimum absolute atomic E-state index is 0.760.